The summed E-state index contributed by atoms with van der Waals surface area (Å²) in [6, 6.07) is 15.1. The highest BCUT2D eigenvalue weighted by Gasteiger charge is 2.05. The summed E-state index contributed by atoms with van der Waals surface area (Å²) in [6.45, 7) is 0. The molecular formula is C15H11BrClN5. The monoisotopic (exact) mass is 375 g/mol. The van der Waals surface area contributed by atoms with Gasteiger partial charge in [-0.05, 0) is 40.2 Å². The first-order valence-electron chi connectivity index (χ1n) is 6.45. The maximum absolute atomic E-state index is 6.12. The minimum Gasteiger partial charge on any atom is -0.338 e. The molecule has 0 unspecified atom stereocenters. The van der Waals surface area contributed by atoms with Crippen LogP contribution < -0.4 is 10.6 Å². The molecule has 0 radical (unpaired) electrons. The highest BCUT2D eigenvalue weighted by atomic mass is 79.9. The van der Waals surface area contributed by atoms with Crippen LogP contribution in [-0.4, -0.2) is 15.2 Å². The average Bonchev–Trinajstić information content (AvgIpc) is 2.52. The molecular weight excluding hydrogens is 366 g/mol. The lowest BCUT2D eigenvalue weighted by Crippen LogP contribution is -2.02. The molecule has 1 aromatic heterocycles. The summed E-state index contributed by atoms with van der Waals surface area (Å²) < 4.78 is 0.920. The number of para-hydroxylation sites is 2. The van der Waals surface area contributed by atoms with E-state index in [0.717, 1.165) is 15.8 Å². The van der Waals surface area contributed by atoms with Crippen molar-refractivity contribution < 1.29 is 0 Å². The van der Waals surface area contributed by atoms with E-state index in [1.807, 2.05) is 42.5 Å². The lowest BCUT2D eigenvalue weighted by molar-refractivity contribution is 0.982. The van der Waals surface area contributed by atoms with Crippen LogP contribution in [0.15, 0.2) is 59.2 Å². The van der Waals surface area contributed by atoms with E-state index in [9.17, 15) is 0 Å². The molecule has 0 fully saturated rings. The van der Waals surface area contributed by atoms with E-state index < -0.39 is 0 Å². The van der Waals surface area contributed by atoms with Gasteiger partial charge in [-0.15, -0.1) is 5.10 Å². The summed E-state index contributed by atoms with van der Waals surface area (Å²) in [5.41, 5.74) is 1.62. The number of nitrogens with zero attached hydrogens (tertiary/aromatic N) is 3. The molecule has 0 amide bonds. The zero-order chi connectivity index (χ0) is 15.4. The Labute approximate surface area is 140 Å². The normalized spacial score (nSPS) is 10.3. The Morgan fingerprint density at radius 3 is 2.41 bits per heavy atom. The quantitative estimate of drug-likeness (QED) is 0.686. The maximum Gasteiger partial charge on any atom is 0.249 e. The molecule has 0 aliphatic heterocycles. The van der Waals surface area contributed by atoms with Gasteiger partial charge in [0.25, 0.3) is 0 Å². The number of hydrogen-bond acceptors (Lipinski definition) is 5. The summed E-state index contributed by atoms with van der Waals surface area (Å²) in [6.07, 6.45) is 1.54. The Hall–Kier alpha value is -2.18. The molecule has 0 saturated heterocycles. The molecule has 0 saturated carbocycles. The Bertz CT molecular complexity index is 733. The van der Waals surface area contributed by atoms with Crippen molar-refractivity contribution in [1.82, 2.24) is 15.2 Å². The third-order valence-corrected chi connectivity index (χ3v) is 3.84. The highest BCUT2D eigenvalue weighted by molar-refractivity contribution is 9.10. The van der Waals surface area contributed by atoms with Crippen molar-refractivity contribution >= 4 is 50.7 Å². The number of halogens is 2. The number of anilines is 4. The number of hydrogen-bond donors (Lipinski definition) is 2. The van der Waals surface area contributed by atoms with Crippen LogP contribution in [0.3, 0.4) is 0 Å². The van der Waals surface area contributed by atoms with E-state index in [0.29, 0.717) is 16.8 Å². The fourth-order valence-corrected chi connectivity index (χ4v) is 2.37. The van der Waals surface area contributed by atoms with E-state index in [2.05, 4.69) is 41.7 Å². The van der Waals surface area contributed by atoms with Crippen molar-refractivity contribution in [3.05, 3.63) is 64.2 Å². The molecule has 3 aromatic rings. The third kappa shape index (κ3) is 3.52. The maximum atomic E-state index is 6.12. The van der Waals surface area contributed by atoms with Crippen LogP contribution in [0.25, 0.3) is 0 Å². The predicted octanol–water partition coefficient (Wildman–Crippen LogP) is 4.77. The minimum absolute atomic E-state index is 0.393. The molecule has 0 atom stereocenters. The van der Waals surface area contributed by atoms with Crippen molar-refractivity contribution in [1.29, 1.82) is 0 Å². The van der Waals surface area contributed by atoms with Crippen molar-refractivity contribution in [3.63, 3.8) is 0 Å². The lowest BCUT2D eigenvalue weighted by atomic mass is 10.3. The van der Waals surface area contributed by atoms with Crippen LogP contribution in [-0.2, 0) is 0 Å². The molecule has 0 bridgehead atoms. The smallest absolute Gasteiger partial charge is 0.249 e. The first-order valence-corrected chi connectivity index (χ1v) is 7.62. The van der Waals surface area contributed by atoms with Gasteiger partial charge in [0, 0.05) is 4.47 Å². The summed E-state index contributed by atoms with van der Waals surface area (Å²) in [7, 11) is 0. The van der Waals surface area contributed by atoms with Crippen LogP contribution in [0.4, 0.5) is 23.1 Å². The summed E-state index contributed by atoms with van der Waals surface area (Å²) >= 11 is 9.58. The molecule has 22 heavy (non-hydrogen) atoms. The zero-order valence-corrected chi connectivity index (χ0v) is 13.6. The average molecular weight is 377 g/mol. The van der Waals surface area contributed by atoms with Gasteiger partial charge in [-0.25, -0.2) is 0 Å². The van der Waals surface area contributed by atoms with Crippen LogP contribution in [0.2, 0.25) is 5.02 Å². The second kappa shape index (κ2) is 6.72. The number of benzene rings is 2. The fourth-order valence-electron chi connectivity index (χ4n) is 1.80. The third-order valence-electron chi connectivity index (χ3n) is 2.82. The Morgan fingerprint density at radius 2 is 1.64 bits per heavy atom. The molecule has 0 spiro atoms. The second-order valence-corrected chi connectivity index (χ2v) is 5.64. The van der Waals surface area contributed by atoms with Gasteiger partial charge in [0.05, 0.1) is 22.6 Å². The van der Waals surface area contributed by atoms with E-state index in [4.69, 9.17) is 11.6 Å². The Morgan fingerprint density at radius 1 is 0.909 bits per heavy atom. The van der Waals surface area contributed by atoms with E-state index >= 15 is 0 Å². The van der Waals surface area contributed by atoms with Crippen LogP contribution in [0.1, 0.15) is 0 Å². The highest BCUT2D eigenvalue weighted by Crippen LogP contribution is 2.26. The molecule has 5 nitrogen and oxygen atoms in total. The minimum atomic E-state index is 0.393. The lowest BCUT2D eigenvalue weighted by Gasteiger charge is -2.09. The molecule has 110 valence electrons. The largest absolute Gasteiger partial charge is 0.338 e. The Kier molecular flexibility index (Phi) is 4.50. The summed E-state index contributed by atoms with van der Waals surface area (Å²) in [4.78, 5) is 4.37. The SMILES string of the molecule is Clc1ccccc1Nc1cnnc(Nc2ccccc2Br)n1. The van der Waals surface area contributed by atoms with Crippen LogP contribution in [0.5, 0.6) is 0 Å². The second-order valence-electron chi connectivity index (χ2n) is 4.37. The molecule has 3 rings (SSSR count). The first kappa shape index (κ1) is 14.7. The van der Waals surface area contributed by atoms with Gasteiger partial charge in [-0.3, -0.25) is 0 Å². The molecule has 1 heterocycles. The van der Waals surface area contributed by atoms with Gasteiger partial charge < -0.3 is 10.6 Å². The number of aromatic nitrogens is 3. The standard InChI is InChI=1S/C15H11BrClN5/c16-10-5-1-3-7-12(10)20-15-21-14(9-18-22-15)19-13-8-4-2-6-11(13)17/h1-9H,(H2,19,20,21,22). The molecule has 0 aliphatic rings. The van der Waals surface area contributed by atoms with Gasteiger partial charge in [0.1, 0.15) is 0 Å². The predicted molar refractivity (Wildman–Crippen MR) is 92.0 cm³/mol. The van der Waals surface area contributed by atoms with Gasteiger partial charge in [-0.2, -0.15) is 10.1 Å². The topological polar surface area (TPSA) is 62.7 Å². The molecule has 0 aliphatic carbocycles. The van der Waals surface area contributed by atoms with Crippen molar-refractivity contribution in [2.24, 2.45) is 0 Å². The molecule has 7 heteroatoms. The van der Waals surface area contributed by atoms with Crippen molar-refractivity contribution in [2.45, 2.75) is 0 Å². The van der Waals surface area contributed by atoms with E-state index in [1.165, 1.54) is 6.20 Å². The first-order chi connectivity index (χ1) is 10.7. The van der Waals surface area contributed by atoms with Gasteiger partial charge in [0.15, 0.2) is 5.82 Å². The fraction of sp³-hybridized carbons (Fsp3) is 0. The Balaban J connectivity index is 1.81. The van der Waals surface area contributed by atoms with E-state index in [-0.39, 0.29) is 0 Å². The van der Waals surface area contributed by atoms with Crippen LogP contribution >= 0.6 is 27.5 Å². The van der Waals surface area contributed by atoms with E-state index in [1.54, 1.807) is 6.07 Å². The van der Waals surface area contributed by atoms with Crippen molar-refractivity contribution in [3.8, 4) is 0 Å². The number of nitrogens with one attached hydrogen (secondary N) is 2. The number of rotatable bonds is 4. The summed E-state index contributed by atoms with van der Waals surface area (Å²) in [5, 5.41) is 14.8. The molecule has 2 N–H and O–H groups in total. The van der Waals surface area contributed by atoms with Crippen LogP contribution in [0, 0.1) is 0 Å². The van der Waals surface area contributed by atoms with Gasteiger partial charge in [-0.1, -0.05) is 35.9 Å². The van der Waals surface area contributed by atoms with Gasteiger partial charge >= 0.3 is 0 Å². The molecule has 2 aromatic carbocycles. The zero-order valence-electron chi connectivity index (χ0n) is 11.3. The summed E-state index contributed by atoms with van der Waals surface area (Å²) in [5.74, 6) is 0.946. The van der Waals surface area contributed by atoms with Crippen molar-refractivity contribution in [2.75, 3.05) is 10.6 Å². The van der Waals surface area contributed by atoms with Gasteiger partial charge in [0.2, 0.25) is 5.95 Å².